The number of thiazole rings is 1. The van der Waals surface area contributed by atoms with Gasteiger partial charge in [0.25, 0.3) is 0 Å². The summed E-state index contributed by atoms with van der Waals surface area (Å²) >= 11 is 1.71. The van der Waals surface area contributed by atoms with Gasteiger partial charge in [0.2, 0.25) is 0 Å². The summed E-state index contributed by atoms with van der Waals surface area (Å²) in [5, 5.41) is 10.1. The number of rotatable bonds is 6. The fourth-order valence-corrected chi connectivity index (χ4v) is 2.06. The summed E-state index contributed by atoms with van der Waals surface area (Å²) in [6.07, 6.45) is 4.59. The summed E-state index contributed by atoms with van der Waals surface area (Å²) in [5.74, 6) is 0. The van der Waals surface area contributed by atoms with Crippen molar-refractivity contribution in [2.24, 2.45) is 0 Å². The van der Waals surface area contributed by atoms with Crippen LogP contribution in [0, 0.1) is 0 Å². The van der Waals surface area contributed by atoms with Gasteiger partial charge >= 0.3 is 0 Å². The summed E-state index contributed by atoms with van der Waals surface area (Å²) in [5.41, 5.74) is 0. The molecule has 2 rings (SSSR count). The zero-order valence-corrected chi connectivity index (χ0v) is 9.31. The van der Waals surface area contributed by atoms with Crippen molar-refractivity contribution in [3.63, 3.8) is 0 Å². The Morgan fingerprint density at radius 1 is 1.57 bits per heavy atom. The molecule has 14 heavy (non-hydrogen) atoms. The van der Waals surface area contributed by atoms with Gasteiger partial charge in [-0.3, -0.25) is 0 Å². The molecule has 1 saturated carbocycles. The molecular weight excluding hydrogens is 194 g/mol. The van der Waals surface area contributed by atoms with Gasteiger partial charge < -0.3 is 10.6 Å². The second kappa shape index (κ2) is 4.87. The van der Waals surface area contributed by atoms with Gasteiger partial charge in [-0.25, -0.2) is 4.98 Å². The van der Waals surface area contributed by atoms with Crippen molar-refractivity contribution in [3.8, 4) is 0 Å². The fourth-order valence-electron chi connectivity index (χ4n) is 1.39. The van der Waals surface area contributed by atoms with Crippen molar-refractivity contribution in [1.82, 2.24) is 15.6 Å². The van der Waals surface area contributed by atoms with Gasteiger partial charge in [0.15, 0.2) is 0 Å². The molecule has 0 aliphatic heterocycles. The summed E-state index contributed by atoms with van der Waals surface area (Å²) in [6, 6.07) is 1.20. The highest BCUT2D eigenvalue weighted by atomic mass is 32.1. The van der Waals surface area contributed by atoms with Gasteiger partial charge in [0.1, 0.15) is 5.01 Å². The quantitative estimate of drug-likeness (QED) is 0.701. The number of hydrogen-bond acceptors (Lipinski definition) is 4. The molecule has 4 heteroatoms. The Kier molecular flexibility index (Phi) is 3.50. The Labute approximate surface area is 88.9 Å². The third-order valence-electron chi connectivity index (χ3n) is 2.41. The van der Waals surface area contributed by atoms with E-state index in [9.17, 15) is 0 Å². The molecule has 3 nitrogen and oxygen atoms in total. The average Bonchev–Trinajstić information content (AvgIpc) is 2.84. The maximum Gasteiger partial charge on any atom is 0.109 e. The lowest BCUT2D eigenvalue weighted by atomic mass is 10.3. The van der Waals surface area contributed by atoms with Crippen molar-refractivity contribution in [2.45, 2.75) is 31.8 Å². The largest absolute Gasteiger partial charge is 0.313 e. The van der Waals surface area contributed by atoms with Crippen LogP contribution >= 0.6 is 11.3 Å². The van der Waals surface area contributed by atoms with E-state index in [2.05, 4.69) is 22.5 Å². The Morgan fingerprint density at radius 2 is 2.43 bits per heavy atom. The second-order valence-corrected chi connectivity index (χ2v) is 4.70. The Morgan fingerprint density at radius 3 is 3.07 bits per heavy atom. The number of hydrogen-bond donors (Lipinski definition) is 2. The van der Waals surface area contributed by atoms with Gasteiger partial charge in [-0.2, -0.15) is 0 Å². The minimum absolute atomic E-state index is 0.385. The maximum absolute atomic E-state index is 4.28. The van der Waals surface area contributed by atoms with Crippen LogP contribution in [0.1, 0.15) is 30.8 Å². The molecule has 78 valence electrons. The summed E-state index contributed by atoms with van der Waals surface area (Å²) in [6.45, 7) is 4.26. The van der Waals surface area contributed by atoms with E-state index >= 15 is 0 Å². The topological polar surface area (TPSA) is 37.0 Å². The van der Waals surface area contributed by atoms with Crippen molar-refractivity contribution in [3.05, 3.63) is 16.6 Å². The first-order valence-corrected chi connectivity index (χ1v) is 6.10. The standard InChI is InChI=1S/C10H17N3S/c1-8(10-13-6-7-14-10)11-4-5-12-9-2-3-9/h6-9,11-12H,2-5H2,1H3. The highest BCUT2D eigenvalue weighted by molar-refractivity contribution is 7.09. The molecule has 1 atom stereocenters. The third kappa shape index (κ3) is 3.04. The van der Waals surface area contributed by atoms with E-state index in [0.717, 1.165) is 19.1 Å². The summed E-state index contributed by atoms with van der Waals surface area (Å²) in [7, 11) is 0. The highest BCUT2D eigenvalue weighted by Gasteiger charge is 2.19. The first-order chi connectivity index (χ1) is 6.86. The fraction of sp³-hybridized carbons (Fsp3) is 0.700. The van der Waals surface area contributed by atoms with Crippen LogP contribution in [-0.2, 0) is 0 Å². The minimum atomic E-state index is 0.385. The Hall–Kier alpha value is -0.450. The van der Waals surface area contributed by atoms with E-state index in [1.807, 2.05) is 11.6 Å². The van der Waals surface area contributed by atoms with Crippen LogP contribution in [0.5, 0.6) is 0 Å². The molecule has 2 N–H and O–H groups in total. The van der Waals surface area contributed by atoms with Crippen LogP contribution < -0.4 is 10.6 Å². The number of nitrogens with one attached hydrogen (secondary N) is 2. The van der Waals surface area contributed by atoms with Gasteiger partial charge in [0.05, 0.1) is 6.04 Å². The SMILES string of the molecule is CC(NCCNC1CC1)c1nccs1. The van der Waals surface area contributed by atoms with Crippen molar-refractivity contribution in [1.29, 1.82) is 0 Å². The van der Waals surface area contributed by atoms with E-state index in [4.69, 9.17) is 0 Å². The lowest BCUT2D eigenvalue weighted by Gasteiger charge is -2.11. The van der Waals surface area contributed by atoms with Crippen LogP contribution in [0.2, 0.25) is 0 Å². The minimum Gasteiger partial charge on any atom is -0.313 e. The van der Waals surface area contributed by atoms with Gasteiger partial charge in [0, 0.05) is 30.7 Å². The summed E-state index contributed by atoms with van der Waals surface area (Å²) in [4.78, 5) is 4.28. The molecule has 1 aromatic rings. The van der Waals surface area contributed by atoms with E-state index in [-0.39, 0.29) is 0 Å². The molecular formula is C10H17N3S. The van der Waals surface area contributed by atoms with E-state index in [1.165, 1.54) is 17.8 Å². The van der Waals surface area contributed by atoms with Crippen LogP contribution in [-0.4, -0.2) is 24.1 Å². The molecule has 1 aliphatic rings. The van der Waals surface area contributed by atoms with Crippen molar-refractivity contribution < 1.29 is 0 Å². The highest BCUT2D eigenvalue weighted by Crippen LogP contribution is 2.18. The summed E-state index contributed by atoms with van der Waals surface area (Å²) < 4.78 is 0. The molecule has 0 amide bonds. The van der Waals surface area contributed by atoms with Crippen LogP contribution in [0.4, 0.5) is 0 Å². The van der Waals surface area contributed by atoms with Crippen LogP contribution in [0.3, 0.4) is 0 Å². The zero-order chi connectivity index (χ0) is 9.80. The van der Waals surface area contributed by atoms with Crippen molar-refractivity contribution >= 4 is 11.3 Å². The molecule has 0 aromatic carbocycles. The number of aromatic nitrogens is 1. The first kappa shape index (κ1) is 10.1. The van der Waals surface area contributed by atoms with Gasteiger partial charge in [-0.05, 0) is 19.8 Å². The molecule has 0 radical (unpaired) electrons. The number of nitrogens with zero attached hydrogens (tertiary/aromatic N) is 1. The maximum atomic E-state index is 4.28. The van der Waals surface area contributed by atoms with Crippen molar-refractivity contribution in [2.75, 3.05) is 13.1 Å². The van der Waals surface area contributed by atoms with E-state index in [1.54, 1.807) is 11.3 Å². The zero-order valence-electron chi connectivity index (χ0n) is 8.49. The molecule has 1 aromatic heterocycles. The molecule has 0 bridgehead atoms. The van der Waals surface area contributed by atoms with Gasteiger partial charge in [-0.1, -0.05) is 0 Å². The molecule has 1 aliphatic carbocycles. The first-order valence-electron chi connectivity index (χ1n) is 5.22. The molecule has 0 spiro atoms. The normalized spacial score (nSPS) is 18.4. The Bertz CT molecular complexity index is 256. The molecule has 1 unspecified atom stereocenters. The van der Waals surface area contributed by atoms with Crippen LogP contribution in [0.25, 0.3) is 0 Å². The monoisotopic (exact) mass is 211 g/mol. The molecule has 0 saturated heterocycles. The smallest absolute Gasteiger partial charge is 0.109 e. The molecule has 1 fully saturated rings. The second-order valence-electron chi connectivity index (χ2n) is 3.77. The lowest BCUT2D eigenvalue weighted by Crippen LogP contribution is -2.30. The van der Waals surface area contributed by atoms with Gasteiger partial charge in [-0.15, -0.1) is 11.3 Å². The lowest BCUT2D eigenvalue weighted by molar-refractivity contribution is 0.542. The molecule has 1 heterocycles. The predicted molar refractivity (Wildman–Crippen MR) is 59.6 cm³/mol. The van der Waals surface area contributed by atoms with E-state index < -0.39 is 0 Å². The average molecular weight is 211 g/mol. The third-order valence-corrected chi connectivity index (χ3v) is 3.37. The van der Waals surface area contributed by atoms with E-state index in [0.29, 0.717) is 6.04 Å². The van der Waals surface area contributed by atoms with Crippen LogP contribution in [0.15, 0.2) is 11.6 Å². The predicted octanol–water partition coefficient (Wildman–Crippen LogP) is 1.55. The Balaban J connectivity index is 1.59.